The number of benzene rings is 1. The van der Waals surface area contributed by atoms with Crippen LogP contribution in [-0.2, 0) is 0 Å². The van der Waals surface area contributed by atoms with E-state index < -0.39 is 0 Å². The minimum atomic E-state index is -0.192. The van der Waals surface area contributed by atoms with E-state index in [9.17, 15) is 4.79 Å². The van der Waals surface area contributed by atoms with Gasteiger partial charge in [0.05, 0.1) is 0 Å². The largest absolute Gasteiger partial charge is 0.372 e. The zero-order valence-corrected chi connectivity index (χ0v) is 17.3. The SMILES string of the molecule is CC1CCN(c2ccc(NC(=O)c3ccnc(N4CCCCCC4)n3)cc2)CC1. The zero-order valence-electron chi connectivity index (χ0n) is 17.3. The van der Waals surface area contributed by atoms with Gasteiger partial charge in [-0.2, -0.15) is 0 Å². The van der Waals surface area contributed by atoms with Gasteiger partial charge in [-0.25, -0.2) is 9.97 Å². The first-order valence-corrected chi connectivity index (χ1v) is 10.9. The molecule has 0 spiro atoms. The molecule has 2 saturated heterocycles. The quantitative estimate of drug-likeness (QED) is 0.837. The number of carbonyl (C=O) groups excluding carboxylic acids is 1. The van der Waals surface area contributed by atoms with Gasteiger partial charge in [-0.3, -0.25) is 4.79 Å². The lowest BCUT2D eigenvalue weighted by atomic mass is 9.99. The van der Waals surface area contributed by atoms with Crippen LogP contribution in [0.1, 0.15) is 55.9 Å². The summed E-state index contributed by atoms with van der Waals surface area (Å²) in [5.74, 6) is 1.29. The zero-order chi connectivity index (χ0) is 20.1. The van der Waals surface area contributed by atoms with Gasteiger partial charge in [-0.15, -0.1) is 0 Å². The lowest BCUT2D eigenvalue weighted by Gasteiger charge is -2.32. The summed E-state index contributed by atoms with van der Waals surface area (Å²) in [7, 11) is 0. The van der Waals surface area contributed by atoms with Crippen molar-refractivity contribution in [2.24, 2.45) is 5.92 Å². The first kappa shape index (κ1) is 19.7. The van der Waals surface area contributed by atoms with E-state index in [4.69, 9.17) is 0 Å². The van der Waals surface area contributed by atoms with Crippen LogP contribution < -0.4 is 15.1 Å². The van der Waals surface area contributed by atoms with Crippen molar-refractivity contribution in [1.29, 1.82) is 0 Å². The van der Waals surface area contributed by atoms with Crippen LogP contribution in [0.5, 0.6) is 0 Å². The Morgan fingerprint density at radius 2 is 1.62 bits per heavy atom. The lowest BCUT2D eigenvalue weighted by molar-refractivity contribution is 0.102. The predicted molar refractivity (Wildman–Crippen MR) is 118 cm³/mol. The topological polar surface area (TPSA) is 61.4 Å². The van der Waals surface area contributed by atoms with Crippen LogP contribution in [0.3, 0.4) is 0 Å². The fraction of sp³-hybridized carbons (Fsp3) is 0.522. The predicted octanol–water partition coefficient (Wildman–Crippen LogP) is 4.35. The molecule has 1 aromatic carbocycles. The molecule has 0 unspecified atom stereocenters. The monoisotopic (exact) mass is 393 g/mol. The second-order valence-corrected chi connectivity index (χ2v) is 8.31. The Bertz CT molecular complexity index is 806. The summed E-state index contributed by atoms with van der Waals surface area (Å²) in [5, 5.41) is 2.97. The van der Waals surface area contributed by atoms with E-state index in [1.807, 2.05) is 12.1 Å². The summed E-state index contributed by atoms with van der Waals surface area (Å²) in [6.07, 6.45) is 8.98. The Labute approximate surface area is 173 Å². The molecule has 2 aliphatic heterocycles. The van der Waals surface area contributed by atoms with Crippen LogP contribution in [0.25, 0.3) is 0 Å². The van der Waals surface area contributed by atoms with Crippen molar-refractivity contribution in [3.05, 3.63) is 42.2 Å². The van der Waals surface area contributed by atoms with Gasteiger partial charge < -0.3 is 15.1 Å². The number of hydrogen-bond acceptors (Lipinski definition) is 5. The minimum absolute atomic E-state index is 0.192. The van der Waals surface area contributed by atoms with Crippen LogP contribution in [0, 0.1) is 5.92 Å². The molecule has 0 saturated carbocycles. The van der Waals surface area contributed by atoms with Crippen molar-refractivity contribution >= 4 is 23.2 Å². The Balaban J connectivity index is 1.39. The number of rotatable bonds is 4. The maximum absolute atomic E-state index is 12.7. The summed E-state index contributed by atoms with van der Waals surface area (Å²) in [4.78, 5) is 26.2. The average Bonchev–Trinajstić information content (AvgIpc) is 3.05. The highest BCUT2D eigenvalue weighted by Crippen LogP contribution is 2.24. The third-order valence-electron chi connectivity index (χ3n) is 6.04. The molecule has 29 heavy (non-hydrogen) atoms. The maximum atomic E-state index is 12.7. The Morgan fingerprint density at radius 3 is 2.31 bits per heavy atom. The number of carbonyl (C=O) groups is 1. The second kappa shape index (κ2) is 9.25. The number of piperidine rings is 1. The molecular weight excluding hydrogens is 362 g/mol. The molecule has 1 amide bonds. The second-order valence-electron chi connectivity index (χ2n) is 8.31. The van der Waals surface area contributed by atoms with Gasteiger partial charge >= 0.3 is 0 Å². The minimum Gasteiger partial charge on any atom is -0.372 e. The van der Waals surface area contributed by atoms with Crippen molar-refractivity contribution in [3.63, 3.8) is 0 Å². The summed E-state index contributed by atoms with van der Waals surface area (Å²) in [5.41, 5.74) is 2.42. The standard InChI is InChI=1S/C23H31N5O/c1-18-11-16-27(17-12-18)20-8-6-19(7-9-20)25-22(29)21-10-13-24-23(26-21)28-14-4-2-3-5-15-28/h6-10,13,18H,2-5,11-12,14-17H2,1H3,(H,25,29). The number of amides is 1. The average molecular weight is 394 g/mol. The first-order chi connectivity index (χ1) is 14.2. The Kier molecular flexibility index (Phi) is 6.27. The molecule has 2 fully saturated rings. The summed E-state index contributed by atoms with van der Waals surface area (Å²) >= 11 is 0. The molecule has 1 aromatic heterocycles. The van der Waals surface area contributed by atoms with E-state index in [0.29, 0.717) is 11.6 Å². The Morgan fingerprint density at radius 1 is 0.931 bits per heavy atom. The summed E-state index contributed by atoms with van der Waals surface area (Å²) in [6.45, 7) is 6.45. The van der Waals surface area contributed by atoms with E-state index in [1.54, 1.807) is 12.3 Å². The molecule has 154 valence electrons. The van der Waals surface area contributed by atoms with Crippen molar-refractivity contribution in [2.75, 3.05) is 41.3 Å². The molecule has 6 nitrogen and oxygen atoms in total. The van der Waals surface area contributed by atoms with Gasteiger partial charge in [0.25, 0.3) is 5.91 Å². The molecular formula is C23H31N5O. The van der Waals surface area contributed by atoms with Crippen LogP contribution in [0.2, 0.25) is 0 Å². The van der Waals surface area contributed by atoms with E-state index in [2.05, 4.69) is 44.1 Å². The van der Waals surface area contributed by atoms with Crippen LogP contribution >= 0.6 is 0 Å². The number of anilines is 3. The van der Waals surface area contributed by atoms with Crippen LogP contribution in [0.15, 0.2) is 36.5 Å². The normalized spacial score (nSPS) is 18.4. The molecule has 0 atom stereocenters. The highest BCUT2D eigenvalue weighted by atomic mass is 16.1. The highest BCUT2D eigenvalue weighted by Gasteiger charge is 2.17. The molecule has 0 radical (unpaired) electrons. The molecule has 2 aromatic rings. The fourth-order valence-corrected chi connectivity index (χ4v) is 4.12. The fourth-order valence-electron chi connectivity index (χ4n) is 4.12. The number of aromatic nitrogens is 2. The number of nitrogens with zero attached hydrogens (tertiary/aromatic N) is 4. The Hall–Kier alpha value is -2.63. The lowest BCUT2D eigenvalue weighted by Crippen LogP contribution is -2.32. The molecule has 3 heterocycles. The summed E-state index contributed by atoms with van der Waals surface area (Å²) < 4.78 is 0. The highest BCUT2D eigenvalue weighted by molar-refractivity contribution is 6.03. The van der Waals surface area contributed by atoms with Gasteiger partial charge in [0, 0.05) is 43.8 Å². The molecule has 1 N–H and O–H groups in total. The summed E-state index contributed by atoms with van der Waals surface area (Å²) in [6, 6.07) is 9.81. The molecule has 0 aliphatic carbocycles. The number of nitrogens with one attached hydrogen (secondary N) is 1. The van der Waals surface area contributed by atoms with Crippen molar-refractivity contribution in [2.45, 2.75) is 45.4 Å². The van der Waals surface area contributed by atoms with E-state index >= 15 is 0 Å². The molecule has 2 aliphatic rings. The smallest absolute Gasteiger partial charge is 0.274 e. The third-order valence-corrected chi connectivity index (χ3v) is 6.04. The van der Waals surface area contributed by atoms with Gasteiger partial charge in [-0.1, -0.05) is 19.8 Å². The number of hydrogen-bond donors (Lipinski definition) is 1. The molecule has 0 bridgehead atoms. The molecule has 4 rings (SSSR count). The van der Waals surface area contributed by atoms with Crippen molar-refractivity contribution < 1.29 is 4.79 Å². The van der Waals surface area contributed by atoms with E-state index in [1.165, 1.54) is 31.4 Å². The van der Waals surface area contributed by atoms with Crippen LogP contribution in [0.4, 0.5) is 17.3 Å². The third kappa shape index (κ3) is 5.05. The van der Waals surface area contributed by atoms with Gasteiger partial charge in [-0.05, 0) is 61.9 Å². The van der Waals surface area contributed by atoms with E-state index in [0.717, 1.165) is 50.6 Å². The van der Waals surface area contributed by atoms with Gasteiger partial charge in [0.1, 0.15) is 5.69 Å². The maximum Gasteiger partial charge on any atom is 0.274 e. The van der Waals surface area contributed by atoms with Crippen LogP contribution in [-0.4, -0.2) is 42.1 Å². The van der Waals surface area contributed by atoms with Gasteiger partial charge in [0.2, 0.25) is 5.95 Å². The van der Waals surface area contributed by atoms with Crippen molar-refractivity contribution in [3.8, 4) is 0 Å². The first-order valence-electron chi connectivity index (χ1n) is 10.9. The van der Waals surface area contributed by atoms with E-state index in [-0.39, 0.29) is 5.91 Å². The van der Waals surface area contributed by atoms with Gasteiger partial charge in [0.15, 0.2) is 0 Å². The molecule has 6 heteroatoms. The van der Waals surface area contributed by atoms with Crippen molar-refractivity contribution in [1.82, 2.24) is 9.97 Å².